The van der Waals surface area contributed by atoms with Crippen molar-refractivity contribution in [2.45, 2.75) is 96.9 Å². The van der Waals surface area contributed by atoms with Crippen LogP contribution < -0.4 is 0 Å². The summed E-state index contributed by atoms with van der Waals surface area (Å²) >= 11 is 0. The molecule has 9 heteroatoms. The third-order valence-corrected chi connectivity index (χ3v) is 10.3. The van der Waals surface area contributed by atoms with Crippen molar-refractivity contribution in [3.63, 3.8) is 0 Å². The van der Waals surface area contributed by atoms with Crippen molar-refractivity contribution in [3.8, 4) is 0 Å². The maximum atomic E-state index is 13.0. The third kappa shape index (κ3) is 5.09. The summed E-state index contributed by atoms with van der Waals surface area (Å²) in [6.45, 7) is 10.6. The zero-order valence-corrected chi connectivity index (χ0v) is 25.2. The van der Waals surface area contributed by atoms with E-state index in [4.69, 9.17) is 18.9 Å². The summed E-state index contributed by atoms with van der Waals surface area (Å²) in [7, 11) is 0. The van der Waals surface area contributed by atoms with E-state index in [1.165, 1.54) is 19.9 Å². The van der Waals surface area contributed by atoms with E-state index >= 15 is 0 Å². The van der Waals surface area contributed by atoms with Gasteiger partial charge in [0.25, 0.3) is 0 Å². The number of benzene rings is 1. The normalized spacial score (nSPS) is 38.7. The number of rotatable bonds is 5. The van der Waals surface area contributed by atoms with E-state index in [1.807, 2.05) is 58.0 Å². The lowest BCUT2D eigenvalue weighted by Gasteiger charge is -2.60. The topological polar surface area (TPSA) is 132 Å². The number of aliphatic hydroxyl groups excluding tert-OH is 2. The monoisotopic (exact) mass is 582 g/mol. The second-order valence-electron chi connectivity index (χ2n) is 13.2. The maximum Gasteiger partial charge on any atom is 0.331 e. The minimum absolute atomic E-state index is 0.246. The molecule has 9 atom stereocenters. The molecule has 5 unspecified atom stereocenters. The number of ether oxygens (including phenoxy) is 4. The Bertz CT molecular complexity index is 1290. The fourth-order valence-corrected chi connectivity index (χ4v) is 8.27. The molecule has 2 saturated carbocycles. The van der Waals surface area contributed by atoms with Crippen LogP contribution in [0.4, 0.5) is 0 Å². The molecular formula is C33H42O9. The minimum atomic E-state index is -1.25. The first-order chi connectivity index (χ1) is 19.7. The van der Waals surface area contributed by atoms with Crippen LogP contribution in [0.5, 0.6) is 0 Å². The molecule has 42 heavy (non-hydrogen) atoms. The Kier molecular flexibility index (Phi) is 7.92. The molecule has 4 aliphatic rings. The zero-order valence-electron chi connectivity index (χ0n) is 25.2. The smallest absolute Gasteiger partial charge is 0.331 e. The molecule has 1 aromatic carbocycles. The van der Waals surface area contributed by atoms with Gasteiger partial charge in [0.15, 0.2) is 0 Å². The molecule has 1 saturated heterocycles. The largest absolute Gasteiger partial charge is 0.462 e. The second-order valence-corrected chi connectivity index (χ2v) is 13.2. The highest BCUT2D eigenvalue weighted by Gasteiger charge is 2.73. The van der Waals surface area contributed by atoms with E-state index in [1.54, 1.807) is 6.08 Å². The van der Waals surface area contributed by atoms with Gasteiger partial charge in [0.05, 0.1) is 12.7 Å². The zero-order chi connectivity index (χ0) is 30.6. The quantitative estimate of drug-likeness (QED) is 0.175. The van der Waals surface area contributed by atoms with Gasteiger partial charge in [-0.3, -0.25) is 9.59 Å². The average molecular weight is 583 g/mol. The number of hydrogen-bond donors (Lipinski definition) is 2. The molecule has 9 nitrogen and oxygen atoms in total. The molecule has 2 N–H and O–H groups in total. The molecule has 1 aliphatic heterocycles. The standard InChI is InChI=1S/C33H42O9/c1-18-23(40-19(2)34)16-22-28(41-20(3)35)29-32(6,30(38)27(37)26(18)31(22,4)5)15-14-24(33(29)17-39-33)42-25(36)13-12-21-10-8-7-9-11-21/h7-13,22-24,27-30,37-38H,14-17H2,1-6H3/b13-12+/t22-,23?,24?,27?,28?,29-,30?,32+,33-/m0/s1. The van der Waals surface area contributed by atoms with Gasteiger partial charge >= 0.3 is 17.9 Å². The van der Waals surface area contributed by atoms with E-state index in [0.29, 0.717) is 30.4 Å². The van der Waals surface area contributed by atoms with Crippen molar-refractivity contribution in [3.05, 3.63) is 53.1 Å². The Morgan fingerprint density at radius 2 is 1.64 bits per heavy atom. The number of esters is 3. The van der Waals surface area contributed by atoms with Gasteiger partial charge in [-0.05, 0) is 54.4 Å². The Balaban J connectivity index is 1.57. The summed E-state index contributed by atoms with van der Waals surface area (Å²) in [4.78, 5) is 37.7. The number of carbonyl (C=O) groups excluding carboxylic acids is 3. The molecule has 3 aliphatic carbocycles. The third-order valence-electron chi connectivity index (χ3n) is 10.3. The number of epoxide rings is 1. The number of aliphatic hydroxyl groups is 2. The Morgan fingerprint density at radius 3 is 2.24 bits per heavy atom. The Hall–Kier alpha value is -3.01. The van der Waals surface area contributed by atoms with E-state index in [9.17, 15) is 24.6 Å². The van der Waals surface area contributed by atoms with Crippen LogP contribution in [-0.4, -0.2) is 70.8 Å². The number of fused-ring (bicyclic) bond motifs is 4. The van der Waals surface area contributed by atoms with Crippen molar-refractivity contribution in [1.82, 2.24) is 0 Å². The van der Waals surface area contributed by atoms with Crippen molar-refractivity contribution >= 4 is 24.0 Å². The first-order valence-electron chi connectivity index (χ1n) is 14.7. The van der Waals surface area contributed by atoms with Crippen LogP contribution in [-0.2, 0) is 33.3 Å². The molecule has 1 aromatic rings. The molecule has 228 valence electrons. The van der Waals surface area contributed by atoms with Gasteiger partial charge in [-0.2, -0.15) is 0 Å². The summed E-state index contributed by atoms with van der Waals surface area (Å²) in [6.07, 6.45) is -0.383. The SMILES string of the molecule is CC(=O)OC1C[C@H]2C(OC(C)=O)[C@H]3[C@@](C)(CCC(OC(=O)/C=C/c4ccccc4)[C@@]34CO4)C(O)C(O)C(=C1C)C2(C)C. The van der Waals surface area contributed by atoms with Crippen LogP contribution in [0.3, 0.4) is 0 Å². The summed E-state index contributed by atoms with van der Waals surface area (Å²) in [5.74, 6) is -2.50. The van der Waals surface area contributed by atoms with Crippen molar-refractivity contribution in [2.75, 3.05) is 6.61 Å². The molecule has 5 rings (SSSR count). The maximum absolute atomic E-state index is 13.0. The van der Waals surface area contributed by atoms with Gasteiger partial charge in [0.1, 0.15) is 30.0 Å². The first kappa shape index (κ1) is 30.4. The summed E-state index contributed by atoms with van der Waals surface area (Å²) in [5, 5.41) is 23.8. The number of carbonyl (C=O) groups is 3. The fourth-order valence-electron chi connectivity index (χ4n) is 8.27. The van der Waals surface area contributed by atoms with E-state index in [2.05, 4.69) is 0 Å². The van der Waals surface area contributed by atoms with Gasteiger partial charge in [-0.1, -0.05) is 51.1 Å². The summed E-state index contributed by atoms with van der Waals surface area (Å²) in [5.41, 5.74) is -0.554. The Morgan fingerprint density at radius 1 is 1.00 bits per heavy atom. The highest BCUT2D eigenvalue weighted by molar-refractivity contribution is 5.87. The van der Waals surface area contributed by atoms with Crippen LogP contribution in [0.1, 0.15) is 66.4 Å². The second kappa shape index (κ2) is 10.9. The van der Waals surface area contributed by atoms with E-state index < -0.39 is 76.7 Å². The molecule has 2 bridgehead atoms. The van der Waals surface area contributed by atoms with Crippen molar-refractivity contribution < 1.29 is 43.5 Å². The molecule has 0 amide bonds. The highest BCUT2D eigenvalue weighted by Crippen LogP contribution is 2.64. The predicted molar refractivity (Wildman–Crippen MR) is 153 cm³/mol. The van der Waals surface area contributed by atoms with Crippen LogP contribution >= 0.6 is 0 Å². The lowest BCUT2D eigenvalue weighted by atomic mass is 9.48. The van der Waals surface area contributed by atoms with Gasteiger partial charge < -0.3 is 29.2 Å². The van der Waals surface area contributed by atoms with Gasteiger partial charge in [-0.25, -0.2) is 4.79 Å². The first-order valence-corrected chi connectivity index (χ1v) is 14.7. The lowest BCUT2D eigenvalue weighted by molar-refractivity contribution is -0.218. The highest BCUT2D eigenvalue weighted by atomic mass is 16.6. The van der Waals surface area contributed by atoms with Gasteiger partial charge in [-0.15, -0.1) is 0 Å². The molecule has 0 aromatic heterocycles. The van der Waals surface area contributed by atoms with E-state index in [0.717, 1.165) is 5.56 Å². The molecular weight excluding hydrogens is 540 g/mol. The summed E-state index contributed by atoms with van der Waals surface area (Å²) in [6, 6.07) is 9.41. The van der Waals surface area contributed by atoms with Crippen LogP contribution in [0.15, 0.2) is 47.6 Å². The predicted octanol–water partition coefficient (Wildman–Crippen LogP) is 3.76. The van der Waals surface area contributed by atoms with E-state index in [-0.39, 0.29) is 6.61 Å². The molecule has 3 fully saturated rings. The fraction of sp³-hybridized carbons (Fsp3) is 0.606. The molecule has 1 heterocycles. The average Bonchev–Trinajstić information content (AvgIpc) is 3.70. The molecule has 1 spiro atoms. The minimum Gasteiger partial charge on any atom is -0.462 e. The van der Waals surface area contributed by atoms with Gasteiger partial charge in [0, 0.05) is 37.2 Å². The molecule has 0 radical (unpaired) electrons. The van der Waals surface area contributed by atoms with Crippen LogP contribution in [0.25, 0.3) is 6.08 Å². The van der Waals surface area contributed by atoms with Crippen molar-refractivity contribution in [2.24, 2.45) is 22.7 Å². The number of hydrogen-bond acceptors (Lipinski definition) is 9. The summed E-state index contributed by atoms with van der Waals surface area (Å²) < 4.78 is 24.0. The lowest BCUT2D eigenvalue weighted by Crippen LogP contribution is -2.67. The Labute approximate surface area is 246 Å². The van der Waals surface area contributed by atoms with Gasteiger partial charge in [0.2, 0.25) is 0 Å². The van der Waals surface area contributed by atoms with Crippen molar-refractivity contribution in [1.29, 1.82) is 0 Å². The van der Waals surface area contributed by atoms with Crippen LogP contribution in [0, 0.1) is 22.7 Å². The van der Waals surface area contributed by atoms with Crippen LogP contribution in [0.2, 0.25) is 0 Å².